The number of aryl methyl sites for hydroxylation is 1. The Hall–Kier alpha value is -2.38. The van der Waals surface area contributed by atoms with Crippen LogP contribution in [0.3, 0.4) is 0 Å². The zero-order valence-corrected chi connectivity index (χ0v) is 14.3. The van der Waals surface area contributed by atoms with Gasteiger partial charge in [-0.15, -0.1) is 0 Å². The van der Waals surface area contributed by atoms with Gasteiger partial charge >= 0.3 is 18.6 Å². The van der Waals surface area contributed by atoms with Crippen molar-refractivity contribution in [2.45, 2.75) is 44.8 Å². The number of benzene rings is 1. The second kappa shape index (κ2) is 7.88. The van der Waals surface area contributed by atoms with E-state index in [-0.39, 0.29) is 24.4 Å². The van der Waals surface area contributed by atoms with Crippen LogP contribution < -0.4 is 10.1 Å². The van der Waals surface area contributed by atoms with Crippen molar-refractivity contribution >= 4 is 12.0 Å². The number of fused-ring (bicyclic) bond motifs is 1. The number of carboxylic acid groups (broad SMARTS) is 1. The standard InChI is InChI=1S/C18H22F2N2O4/c19-17(20)26-13-6-7-14-11(9-13)3-1-5-15(14)21-18(25)22-8-2-4-12(10-22)16(23)24/h6-7,9,12,15,17H,1-5,8,10H2,(H,21,25)(H,23,24). The molecule has 2 N–H and O–H groups in total. The zero-order chi connectivity index (χ0) is 18.7. The van der Waals surface area contributed by atoms with E-state index in [9.17, 15) is 18.4 Å². The molecule has 1 heterocycles. The molecular formula is C18H22F2N2O4. The summed E-state index contributed by atoms with van der Waals surface area (Å²) >= 11 is 0. The highest BCUT2D eigenvalue weighted by Crippen LogP contribution is 2.33. The first-order chi connectivity index (χ1) is 12.4. The number of nitrogens with one attached hydrogen (secondary N) is 1. The van der Waals surface area contributed by atoms with E-state index in [2.05, 4.69) is 10.1 Å². The van der Waals surface area contributed by atoms with Crippen LogP contribution in [-0.2, 0) is 11.2 Å². The number of carbonyl (C=O) groups is 2. The third-order valence-electron chi connectivity index (χ3n) is 5.01. The normalized spacial score (nSPS) is 22.7. The number of piperidine rings is 1. The second-order valence-electron chi connectivity index (χ2n) is 6.76. The lowest BCUT2D eigenvalue weighted by atomic mass is 9.87. The average Bonchev–Trinajstić information content (AvgIpc) is 2.61. The smallest absolute Gasteiger partial charge is 0.387 e. The highest BCUT2D eigenvalue weighted by molar-refractivity contribution is 5.77. The number of carbonyl (C=O) groups excluding carboxylic acids is 1. The molecule has 8 heteroatoms. The second-order valence-corrected chi connectivity index (χ2v) is 6.76. The first-order valence-electron chi connectivity index (χ1n) is 8.80. The van der Waals surface area contributed by atoms with Crippen LogP contribution >= 0.6 is 0 Å². The Morgan fingerprint density at radius 3 is 2.81 bits per heavy atom. The lowest BCUT2D eigenvalue weighted by Crippen LogP contribution is -2.48. The largest absolute Gasteiger partial charge is 0.481 e. The summed E-state index contributed by atoms with van der Waals surface area (Å²) in [5.41, 5.74) is 1.79. The van der Waals surface area contributed by atoms with Crippen LogP contribution in [0.15, 0.2) is 18.2 Å². The molecule has 1 fully saturated rings. The fraction of sp³-hybridized carbons (Fsp3) is 0.556. The minimum Gasteiger partial charge on any atom is -0.481 e. The topological polar surface area (TPSA) is 78.9 Å². The Morgan fingerprint density at radius 1 is 1.27 bits per heavy atom. The number of alkyl halides is 2. The van der Waals surface area contributed by atoms with Crippen LogP contribution in [0.25, 0.3) is 0 Å². The molecule has 2 atom stereocenters. The van der Waals surface area contributed by atoms with Gasteiger partial charge < -0.3 is 20.1 Å². The SMILES string of the molecule is O=C(O)C1CCCN(C(=O)NC2CCCc3cc(OC(F)F)ccc32)C1. The molecule has 6 nitrogen and oxygen atoms in total. The summed E-state index contributed by atoms with van der Waals surface area (Å²) in [4.78, 5) is 25.3. The summed E-state index contributed by atoms with van der Waals surface area (Å²) in [7, 11) is 0. The molecule has 0 aromatic heterocycles. The molecule has 0 saturated carbocycles. The third-order valence-corrected chi connectivity index (χ3v) is 5.01. The molecule has 0 spiro atoms. The van der Waals surface area contributed by atoms with Gasteiger partial charge in [-0.1, -0.05) is 6.07 Å². The highest BCUT2D eigenvalue weighted by Gasteiger charge is 2.30. The first kappa shape index (κ1) is 18.4. The van der Waals surface area contributed by atoms with E-state index in [0.717, 1.165) is 30.4 Å². The number of hydrogen-bond donors (Lipinski definition) is 2. The van der Waals surface area contributed by atoms with Crippen molar-refractivity contribution in [3.05, 3.63) is 29.3 Å². The summed E-state index contributed by atoms with van der Waals surface area (Å²) in [5.74, 6) is -1.29. The van der Waals surface area contributed by atoms with Crippen LogP contribution in [0.5, 0.6) is 5.75 Å². The number of rotatable bonds is 4. The predicted octanol–water partition coefficient (Wildman–Crippen LogP) is 3.17. The van der Waals surface area contributed by atoms with E-state index in [0.29, 0.717) is 19.4 Å². The van der Waals surface area contributed by atoms with Crippen LogP contribution in [0.2, 0.25) is 0 Å². The fourth-order valence-corrected chi connectivity index (χ4v) is 3.72. The van der Waals surface area contributed by atoms with E-state index in [1.54, 1.807) is 17.0 Å². The molecule has 2 aliphatic rings. The van der Waals surface area contributed by atoms with E-state index in [1.807, 2.05) is 0 Å². The van der Waals surface area contributed by atoms with Crippen molar-refractivity contribution < 1.29 is 28.2 Å². The number of amides is 2. The van der Waals surface area contributed by atoms with Gasteiger partial charge in [-0.3, -0.25) is 4.79 Å². The van der Waals surface area contributed by atoms with Gasteiger partial charge in [0.05, 0.1) is 12.0 Å². The lowest BCUT2D eigenvalue weighted by molar-refractivity contribution is -0.143. The monoisotopic (exact) mass is 368 g/mol. The number of halogens is 2. The van der Waals surface area contributed by atoms with Gasteiger partial charge in [-0.2, -0.15) is 8.78 Å². The maximum absolute atomic E-state index is 12.6. The van der Waals surface area contributed by atoms with E-state index in [1.165, 1.54) is 6.07 Å². The van der Waals surface area contributed by atoms with Gasteiger partial charge in [0.2, 0.25) is 0 Å². The van der Waals surface area contributed by atoms with Crippen molar-refractivity contribution in [1.29, 1.82) is 0 Å². The molecule has 26 heavy (non-hydrogen) atoms. The number of hydrogen-bond acceptors (Lipinski definition) is 3. The van der Waals surface area contributed by atoms with Gasteiger partial charge in [0.1, 0.15) is 5.75 Å². The highest BCUT2D eigenvalue weighted by atomic mass is 19.3. The molecule has 0 radical (unpaired) electrons. The summed E-state index contributed by atoms with van der Waals surface area (Å²) in [6.07, 6.45) is 3.57. The maximum Gasteiger partial charge on any atom is 0.387 e. The first-order valence-corrected chi connectivity index (χ1v) is 8.80. The van der Waals surface area contributed by atoms with Gasteiger partial charge in [-0.25, -0.2) is 4.79 Å². The summed E-state index contributed by atoms with van der Waals surface area (Å²) in [6, 6.07) is 4.31. The van der Waals surface area contributed by atoms with Crippen molar-refractivity contribution in [2.24, 2.45) is 5.92 Å². The Labute approximate surface area is 150 Å². The molecule has 1 aliphatic carbocycles. The van der Waals surface area contributed by atoms with E-state index in [4.69, 9.17) is 5.11 Å². The van der Waals surface area contributed by atoms with Crippen molar-refractivity contribution in [3.8, 4) is 5.75 Å². The minimum absolute atomic E-state index is 0.117. The van der Waals surface area contributed by atoms with Crippen molar-refractivity contribution in [1.82, 2.24) is 10.2 Å². The average molecular weight is 368 g/mol. The molecule has 1 aromatic rings. The molecule has 1 aromatic carbocycles. The fourth-order valence-electron chi connectivity index (χ4n) is 3.72. The number of ether oxygens (including phenoxy) is 1. The van der Waals surface area contributed by atoms with Gasteiger partial charge in [0, 0.05) is 13.1 Å². The maximum atomic E-state index is 12.6. The Kier molecular flexibility index (Phi) is 5.58. The number of urea groups is 1. The summed E-state index contributed by atoms with van der Waals surface area (Å²) in [5, 5.41) is 12.1. The molecule has 3 rings (SSSR count). The summed E-state index contributed by atoms with van der Waals surface area (Å²) in [6.45, 7) is -2.12. The van der Waals surface area contributed by atoms with E-state index >= 15 is 0 Å². The van der Waals surface area contributed by atoms with Crippen molar-refractivity contribution in [2.75, 3.05) is 13.1 Å². The van der Waals surface area contributed by atoms with Crippen LogP contribution in [0, 0.1) is 5.92 Å². The molecule has 1 aliphatic heterocycles. The quantitative estimate of drug-likeness (QED) is 0.856. The van der Waals surface area contributed by atoms with Crippen LogP contribution in [-0.4, -0.2) is 41.7 Å². The molecule has 1 saturated heterocycles. The molecule has 2 unspecified atom stereocenters. The number of carboxylic acids is 1. The Morgan fingerprint density at radius 2 is 2.08 bits per heavy atom. The minimum atomic E-state index is -2.87. The van der Waals surface area contributed by atoms with E-state index < -0.39 is 18.5 Å². The molecule has 142 valence electrons. The number of aliphatic carboxylic acids is 1. The third kappa shape index (κ3) is 4.23. The van der Waals surface area contributed by atoms with Crippen LogP contribution in [0.1, 0.15) is 42.9 Å². The van der Waals surface area contributed by atoms with Crippen LogP contribution in [0.4, 0.5) is 13.6 Å². The Balaban J connectivity index is 1.67. The van der Waals surface area contributed by atoms with Gasteiger partial charge in [0.25, 0.3) is 0 Å². The lowest BCUT2D eigenvalue weighted by Gasteiger charge is -2.34. The summed E-state index contributed by atoms with van der Waals surface area (Å²) < 4.78 is 29.2. The number of likely N-dealkylation sites (tertiary alicyclic amines) is 1. The number of nitrogens with zero attached hydrogens (tertiary/aromatic N) is 1. The van der Waals surface area contributed by atoms with Gasteiger partial charge in [0.15, 0.2) is 0 Å². The van der Waals surface area contributed by atoms with Crippen molar-refractivity contribution in [3.63, 3.8) is 0 Å². The molecular weight excluding hydrogens is 346 g/mol. The predicted molar refractivity (Wildman–Crippen MR) is 89.2 cm³/mol. The van der Waals surface area contributed by atoms with Gasteiger partial charge in [-0.05, 0) is 55.4 Å². The Bertz CT molecular complexity index is 683. The molecule has 0 bridgehead atoms. The molecule has 2 amide bonds. The zero-order valence-electron chi connectivity index (χ0n) is 14.3.